The summed E-state index contributed by atoms with van der Waals surface area (Å²) in [6, 6.07) is 0. The lowest BCUT2D eigenvalue weighted by Crippen LogP contribution is -1.96. The molecule has 2 rings (SSSR count). The summed E-state index contributed by atoms with van der Waals surface area (Å²) in [5.41, 5.74) is 2.53. The lowest BCUT2D eigenvalue weighted by molar-refractivity contribution is 0.224. The first-order valence-corrected chi connectivity index (χ1v) is 5.28. The average Bonchev–Trinajstić information content (AvgIpc) is 2.88. The lowest BCUT2D eigenvalue weighted by Gasteiger charge is -2.03. The Morgan fingerprint density at radius 1 is 1.57 bits per heavy atom. The summed E-state index contributed by atoms with van der Waals surface area (Å²) in [5.74, 6) is 0. The second-order valence-electron chi connectivity index (χ2n) is 2.94. The Bertz CT molecular complexity index is 396. The van der Waals surface area contributed by atoms with Crippen LogP contribution in [0.3, 0.4) is 0 Å². The number of thiazole rings is 1. The fourth-order valence-electron chi connectivity index (χ4n) is 1.22. The molecule has 0 saturated carbocycles. The molecule has 2 aromatic rings. The minimum atomic E-state index is -0.595. The van der Waals surface area contributed by atoms with Crippen LogP contribution < -0.4 is 0 Å². The highest BCUT2D eigenvalue weighted by molar-refractivity contribution is 7.09. The van der Waals surface area contributed by atoms with Crippen LogP contribution in [0.15, 0.2) is 24.1 Å². The molecular weight excluding hydrogens is 198 g/mol. The molecule has 0 aliphatic carbocycles. The van der Waals surface area contributed by atoms with Gasteiger partial charge in [-0.05, 0) is 6.92 Å². The topological polar surface area (TPSA) is 50.9 Å². The molecule has 0 fully saturated rings. The average molecular weight is 209 g/mol. The SMILES string of the molecule is CCn1cc(C(O)c2cncs2)cn1. The van der Waals surface area contributed by atoms with Crippen molar-refractivity contribution >= 4 is 11.3 Å². The first-order valence-electron chi connectivity index (χ1n) is 4.40. The van der Waals surface area contributed by atoms with Crippen LogP contribution in [0.25, 0.3) is 0 Å². The van der Waals surface area contributed by atoms with E-state index in [1.54, 1.807) is 22.6 Å². The molecule has 0 amide bonds. The summed E-state index contributed by atoms with van der Waals surface area (Å²) in [4.78, 5) is 4.77. The van der Waals surface area contributed by atoms with E-state index < -0.39 is 6.10 Å². The molecule has 0 aromatic carbocycles. The number of aryl methyl sites for hydroxylation is 1. The van der Waals surface area contributed by atoms with Crippen molar-refractivity contribution < 1.29 is 5.11 Å². The van der Waals surface area contributed by atoms with E-state index in [-0.39, 0.29) is 0 Å². The van der Waals surface area contributed by atoms with Gasteiger partial charge < -0.3 is 5.11 Å². The highest BCUT2D eigenvalue weighted by Crippen LogP contribution is 2.23. The number of nitrogens with zero attached hydrogens (tertiary/aromatic N) is 3. The van der Waals surface area contributed by atoms with Gasteiger partial charge in [-0.2, -0.15) is 5.10 Å². The zero-order valence-electron chi connectivity index (χ0n) is 7.79. The number of aliphatic hydroxyl groups excluding tert-OH is 1. The number of aliphatic hydroxyl groups is 1. The quantitative estimate of drug-likeness (QED) is 0.832. The van der Waals surface area contributed by atoms with Crippen LogP contribution in [0.1, 0.15) is 23.5 Å². The van der Waals surface area contributed by atoms with Crippen LogP contribution in [0, 0.1) is 0 Å². The van der Waals surface area contributed by atoms with Gasteiger partial charge in [-0.25, -0.2) is 0 Å². The Labute approximate surface area is 85.8 Å². The Balaban J connectivity index is 2.23. The normalized spacial score (nSPS) is 13.0. The Morgan fingerprint density at radius 3 is 3.00 bits per heavy atom. The van der Waals surface area contributed by atoms with Crippen molar-refractivity contribution in [3.05, 3.63) is 34.5 Å². The second-order valence-corrected chi connectivity index (χ2v) is 3.85. The Kier molecular flexibility index (Phi) is 2.60. The largest absolute Gasteiger partial charge is 0.383 e. The van der Waals surface area contributed by atoms with Crippen molar-refractivity contribution in [2.75, 3.05) is 0 Å². The van der Waals surface area contributed by atoms with Gasteiger partial charge in [0.2, 0.25) is 0 Å². The van der Waals surface area contributed by atoms with Gasteiger partial charge in [0.1, 0.15) is 6.10 Å². The maximum atomic E-state index is 9.91. The molecule has 0 bridgehead atoms. The van der Waals surface area contributed by atoms with Crippen LogP contribution in [-0.4, -0.2) is 19.9 Å². The van der Waals surface area contributed by atoms with Crippen LogP contribution in [0.5, 0.6) is 0 Å². The van der Waals surface area contributed by atoms with Crippen LogP contribution >= 0.6 is 11.3 Å². The maximum absolute atomic E-state index is 9.91. The third-order valence-corrected chi connectivity index (χ3v) is 2.84. The first kappa shape index (κ1) is 9.36. The van der Waals surface area contributed by atoms with Gasteiger partial charge in [0, 0.05) is 24.5 Å². The molecule has 0 aliphatic heterocycles. The molecule has 0 spiro atoms. The van der Waals surface area contributed by atoms with Crippen molar-refractivity contribution in [1.82, 2.24) is 14.8 Å². The van der Waals surface area contributed by atoms with Gasteiger partial charge >= 0.3 is 0 Å². The van der Waals surface area contributed by atoms with Crippen LogP contribution in [0.2, 0.25) is 0 Å². The molecule has 1 N–H and O–H groups in total. The highest BCUT2D eigenvalue weighted by atomic mass is 32.1. The molecule has 0 saturated heterocycles. The molecular formula is C9H11N3OS. The van der Waals surface area contributed by atoms with E-state index in [2.05, 4.69) is 10.1 Å². The van der Waals surface area contributed by atoms with Crippen molar-refractivity contribution in [2.45, 2.75) is 19.6 Å². The van der Waals surface area contributed by atoms with E-state index in [1.165, 1.54) is 11.3 Å². The van der Waals surface area contributed by atoms with Crippen molar-refractivity contribution in [3.63, 3.8) is 0 Å². The predicted octanol–water partition coefficient (Wildman–Crippen LogP) is 1.44. The highest BCUT2D eigenvalue weighted by Gasteiger charge is 2.13. The zero-order chi connectivity index (χ0) is 9.97. The van der Waals surface area contributed by atoms with Gasteiger partial charge in [-0.1, -0.05) is 0 Å². The van der Waals surface area contributed by atoms with Gasteiger partial charge in [0.25, 0.3) is 0 Å². The van der Waals surface area contributed by atoms with E-state index in [4.69, 9.17) is 0 Å². The number of rotatable bonds is 3. The molecule has 2 aromatic heterocycles. The van der Waals surface area contributed by atoms with Gasteiger partial charge in [0.05, 0.1) is 16.6 Å². The summed E-state index contributed by atoms with van der Waals surface area (Å²) in [7, 11) is 0. The van der Waals surface area contributed by atoms with E-state index in [1.807, 2.05) is 13.1 Å². The fourth-order valence-corrected chi connectivity index (χ4v) is 1.85. The molecule has 4 nitrogen and oxygen atoms in total. The fraction of sp³-hybridized carbons (Fsp3) is 0.333. The monoisotopic (exact) mass is 209 g/mol. The molecule has 2 heterocycles. The molecule has 5 heteroatoms. The summed E-state index contributed by atoms with van der Waals surface area (Å²) in [5, 5.41) is 14.0. The molecule has 0 aliphatic rings. The number of hydrogen-bond donors (Lipinski definition) is 1. The molecule has 74 valence electrons. The Morgan fingerprint density at radius 2 is 2.43 bits per heavy atom. The van der Waals surface area contributed by atoms with Gasteiger partial charge in [0.15, 0.2) is 0 Å². The third-order valence-electron chi connectivity index (χ3n) is 2.01. The number of aromatic nitrogens is 3. The molecule has 0 radical (unpaired) electrons. The van der Waals surface area contributed by atoms with Gasteiger partial charge in [-0.3, -0.25) is 9.67 Å². The van der Waals surface area contributed by atoms with Crippen LogP contribution in [-0.2, 0) is 6.54 Å². The third kappa shape index (κ3) is 1.69. The predicted molar refractivity (Wildman–Crippen MR) is 54.1 cm³/mol. The van der Waals surface area contributed by atoms with E-state index in [9.17, 15) is 5.11 Å². The Hall–Kier alpha value is -1.20. The second kappa shape index (κ2) is 3.89. The minimum Gasteiger partial charge on any atom is -0.383 e. The van der Waals surface area contributed by atoms with Crippen LogP contribution in [0.4, 0.5) is 0 Å². The van der Waals surface area contributed by atoms with Crippen molar-refractivity contribution in [3.8, 4) is 0 Å². The van der Waals surface area contributed by atoms with E-state index in [0.717, 1.165) is 17.0 Å². The summed E-state index contributed by atoms with van der Waals surface area (Å²) in [6.45, 7) is 2.82. The lowest BCUT2D eigenvalue weighted by atomic mass is 10.2. The minimum absolute atomic E-state index is 0.595. The number of hydrogen-bond acceptors (Lipinski definition) is 4. The summed E-state index contributed by atoms with van der Waals surface area (Å²) in [6.07, 6.45) is 4.62. The smallest absolute Gasteiger partial charge is 0.118 e. The van der Waals surface area contributed by atoms with Gasteiger partial charge in [-0.15, -0.1) is 11.3 Å². The van der Waals surface area contributed by atoms with E-state index in [0.29, 0.717) is 0 Å². The van der Waals surface area contributed by atoms with Crippen molar-refractivity contribution in [2.24, 2.45) is 0 Å². The molecule has 1 unspecified atom stereocenters. The zero-order valence-corrected chi connectivity index (χ0v) is 8.61. The molecule has 14 heavy (non-hydrogen) atoms. The maximum Gasteiger partial charge on any atom is 0.118 e. The summed E-state index contributed by atoms with van der Waals surface area (Å²) < 4.78 is 1.79. The van der Waals surface area contributed by atoms with Crippen molar-refractivity contribution in [1.29, 1.82) is 0 Å². The standard InChI is InChI=1S/C9H11N3OS/c1-2-12-5-7(3-11-12)9(13)8-4-10-6-14-8/h3-6,9,13H,2H2,1H3. The molecule has 1 atom stereocenters. The summed E-state index contributed by atoms with van der Waals surface area (Å²) >= 11 is 1.44. The first-order chi connectivity index (χ1) is 6.81. The van der Waals surface area contributed by atoms with E-state index >= 15 is 0 Å².